The molecule has 1 aliphatic carbocycles. The van der Waals surface area contributed by atoms with Crippen LogP contribution in [-0.2, 0) is 21.2 Å². The Labute approximate surface area is 161 Å². The van der Waals surface area contributed by atoms with E-state index < -0.39 is 16.1 Å². The lowest BCUT2D eigenvalue weighted by Gasteiger charge is -2.31. The monoisotopic (exact) mass is 386 g/mol. The molecule has 0 fully saturated rings. The van der Waals surface area contributed by atoms with Crippen molar-refractivity contribution >= 4 is 21.6 Å². The van der Waals surface area contributed by atoms with E-state index in [4.69, 9.17) is 0 Å². The van der Waals surface area contributed by atoms with Gasteiger partial charge in [-0.3, -0.25) is 9.10 Å². The Morgan fingerprint density at radius 1 is 1.15 bits per heavy atom. The van der Waals surface area contributed by atoms with E-state index in [9.17, 15) is 13.2 Å². The van der Waals surface area contributed by atoms with Crippen LogP contribution in [0.3, 0.4) is 0 Å². The van der Waals surface area contributed by atoms with E-state index in [1.165, 1.54) is 9.87 Å². The molecule has 5 nitrogen and oxygen atoms in total. The Morgan fingerprint density at radius 3 is 2.48 bits per heavy atom. The fourth-order valence-electron chi connectivity index (χ4n) is 3.70. The molecule has 0 saturated carbocycles. The molecule has 0 unspecified atom stereocenters. The maximum Gasteiger partial charge on any atom is 0.244 e. The first-order valence-electron chi connectivity index (χ1n) is 9.21. The van der Waals surface area contributed by atoms with Gasteiger partial charge in [0.25, 0.3) is 0 Å². The second-order valence-corrected chi connectivity index (χ2v) is 9.08. The van der Waals surface area contributed by atoms with Crippen molar-refractivity contribution in [3.63, 3.8) is 0 Å². The summed E-state index contributed by atoms with van der Waals surface area (Å²) >= 11 is 0. The summed E-state index contributed by atoms with van der Waals surface area (Å²) in [7, 11) is -3.60. The van der Waals surface area contributed by atoms with Gasteiger partial charge in [0.05, 0.1) is 18.0 Å². The highest BCUT2D eigenvalue weighted by molar-refractivity contribution is 7.92. The Morgan fingerprint density at radius 2 is 1.81 bits per heavy atom. The van der Waals surface area contributed by atoms with Crippen LogP contribution in [0, 0.1) is 6.92 Å². The Kier molecular flexibility index (Phi) is 5.56. The molecule has 0 spiro atoms. The number of amides is 1. The molecule has 1 aliphatic rings. The summed E-state index contributed by atoms with van der Waals surface area (Å²) in [6.07, 6.45) is 4.01. The van der Waals surface area contributed by atoms with Crippen molar-refractivity contribution in [2.75, 3.05) is 10.6 Å². The van der Waals surface area contributed by atoms with Gasteiger partial charge in [-0.05, 0) is 56.4 Å². The molecular weight excluding hydrogens is 360 g/mol. The van der Waals surface area contributed by atoms with Crippen molar-refractivity contribution in [2.45, 2.75) is 45.2 Å². The number of benzene rings is 2. The Hall–Kier alpha value is -2.34. The van der Waals surface area contributed by atoms with E-state index in [1.54, 1.807) is 19.1 Å². The molecule has 1 amide bonds. The van der Waals surface area contributed by atoms with Gasteiger partial charge in [0.15, 0.2) is 0 Å². The summed E-state index contributed by atoms with van der Waals surface area (Å²) in [5.41, 5.74) is 3.91. The van der Waals surface area contributed by atoms with E-state index >= 15 is 0 Å². The highest BCUT2D eigenvalue weighted by Gasteiger charge is 2.31. The number of rotatable bonds is 5. The van der Waals surface area contributed by atoms with Crippen LogP contribution in [0.5, 0.6) is 0 Å². The average molecular weight is 387 g/mol. The van der Waals surface area contributed by atoms with Crippen LogP contribution in [0.2, 0.25) is 0 Å². The molecule has 6 heteroatoms. The lowest BCUT2D eigenvalue weighted by Crippen LogP contribution is -2.49. The highest BCUT2D eigenvalue weighted by atomic mass is 32.2. The van der Waals surface area contributed by atoms with Gasteiger partial charge >= 0.3 is 0 Å². The molecule has 144 valence electrons. The van der Waals surface area contributed by atoms with Gasteiger partial charge in [0.1, 0.15) is 6.04 Å². The number of sulfonamides is 1. The average Bonchev–Trinajstić information content (AvgIpc) is 2.62. The molecule has 2 atom stereocenters. The molecule has 2 aromatic carbocycles. The van der Waals surface area contributed by atoms with Gasteiger partial charge in [0.2, 0.25) is 15.9 Å². The van der Waals surface area contributed by atoms with Gasteiger partial charge in [0, 0.05) is 0 Å². The number of hydrogen-bond donors (Lipinski definition) is 1. The SMILES string of the molecule is Cc1ccc(N([C@@H](C)C(=O)N[C@H]2CCCc3ccccc32)S(C)(=O)=O)cc1. The van der Waals surface area contributed by atoms with Gasteiger partial charge < -0.3 is 5.32 Å². The summed E-state index contributed by atoms with van der Waals surface area (Å²) in [5.74, 6) is -0.289. The van der Waals surface area contributed by atoms with Crippen molar-refractivity contribution in [3.05, 3.63) is 65.2 Å². The number of carbonyl (C=O) groups excluding carboxylic acids is 1. The van der Waals surface area contributed by atoms with Gasteiger partial charge in [-0.15, -0.1) is 0 Å². The number of anilines is 1. The van der Waals surface area contributed by atoms with E-state index in [1.807, 2.05) is 37.3 Å². The van der Waals surface area contributed by atoms with Crippen molar-refractivity contribution in [1.29, 1.82) is 0 Å². The maximum atomic E-state index is 12.9. The summed E-state index contributed by atoms with van der Waals surface area (Å²) in [4.78, 5) is 12.9. The Bertz CT molecular complexity index is 923. The van der Waals surface area contributed by atoms with Gasteiger partial charge in [-0.25, -0.2) is 8.42 Å². The minimum Gasteiger partial charge on any atom is -0.347 e. The standard InChI is InChI=1S/C21H26N2O3S/c1-15-11-13-18(14-12-15)23(27(3,25)26)16(2)21(24)22-20-10-6-8-17-7-4-5-9-19(17)20/h4-5,7,9,11-14,16,20H,6,8,10H2,1-3H3,(H,22,24)/t16-,20-/m0/s1. The first-order chi connectivity index (χ1) is 12.8. The first-order valence-corrected chi connectivity index (χ1v) is 11.1. The third-order valence-corrected chi connectivity index (χ3v) is 6.30. The molecular formula is C21H26N2O3S. The number of aryl methyl sites for hydroxylation is 2. The van der Waals surface area contributed by atoms with Crippen LogP contribution in [0.1, 0.15) is 42.5 Å². The molecule has 1 N–H and O–H groups in total. The second kappa shape index (κ2) is 7.72. The van der Waals surface area contributed by atoms with Crippen molar-refractivity contribution in [1.82, 2.24) is 5.32 Å². The van der Waals surface area contributed by atoms with Gasteiger partial charge in [-0.2, -0.15) is 0 Å². The molecule has 0 aromatic heterocycles. The lowest BCUT2D eigenvalue weighted by molar-refractivity contribution is -0.122. The number of nitrogens with zero attached hydrogens (tertiary/aromatic N) is 1. The van der Waals surface area contributed by atoms with Crippen LogP contribution in [0.25, 0.3) is 0 Å². The van der Waals surface area contributed by atoms with Crippen LogP contribution < -0.4 is 9.62 Å². The minimum absolute atomic E-state index is 0.0793. The molecule has 0 heterocycles. The van der Waals surface area contributed by atoms with E-state index in [0.29, 0.717) is 5.69 Å². The highest BCUT2D eigenvalue weighted by Crippen LogP contribution is 2.30. The smallest absolute Gasteiger partial charge is 0.244 e. The topological polar surface area (TPSA) is 66.5 Å². The van der Waals surface area contributed by atoms with Crippen molar-refractivity contribution in [3.8, 4) is 0 Å². The summed E-state index contributed by atoms with van der Waals surface area (Å²) in [6.45, 7) is 3.57. The molecule has 0 bridgehead atoms. The van der Waals surface area contributed by atoms with E-state index in [-0.39, 0.29) is 11.9 Å². The zero-order chi connectivity index (χ0) is 19.6. The molecule has 2 aromatic rings. The zero-order valence-electron chi connectivity index (χ0n) is 16.0. The summed E-state index contributed by atoms with van der Waals surface area (Å²) in [6, 6.07) is 14.3. The van der Waals surface area contributed by atoms with Gasteiger partial charge in [-0.1, -0.05) is 42.0 Å². The normalized spacial score (nSPS) is 17.7. The van der Waals surface area contributed by atoms with Crippen LogP contribution in [0.15, 0.2) is 48.5 Å². The van der Waals surface area contributed by atoms with Crippen LogP contribution in [0.4, 0.5) is 5.69 Å². The number of fused-ring (bicyclic) bond motifs is 1. The molecule has 27 heavy (non-hydrogen) atoms. The summed E-state index contributed by atoms with van der Waals surface area (Å²) in [5, 5.41) is 3.06. The summed E-state index contributed by atoms with van der Waals surface area (Å²) < 4.78 is 26.0. The second-order valence-electron chi connectivity index (χ2n) is 7.22. The Balaban J connectivity index is 1.84. The fourth-order valence-corrected chi connectivity index (χ4v) is 4.87. The zero-order valence-corrected chi connectivity index (χ0v) is 16.8. The van der Waals surface area contributed by atoms with E-state index in [0.717, 1.165) is 36.6 Å². The quantitative estimate of drug-likeness (QED) is 0.857. The molecule has 0 radical (unpaired) electrons. The predicted octanol–water partition coefficient (Wildman–Crippen LogP) is 3.34. The third-order valence-electron chi connectivity index (χ3n) is 5.06. The molecule has 0 saturated heterocycles. The minimum atomic E-state index is -3.60. The predicted molar refractivity (Wildman–Crippen MR) is 108 cm³/mol. The van der Waals surface area contributed by atoms with Crippen molar-refractivity contribution < 1.29 is 13.2 Å². The molecule has 0 aliphatic heterocycles. The van der Waals surface area contributed by atoms with Crippen LogP contribution >= 0.6 is 0 Å². The fraction of sp³-hybridized carbons (Fsp3) is 0.381. The first kappa shape index (κ1) is 19.4. The third kappa shape index (κ3) is 4.33. The van der Waals surface area contributed by atoms with E-state index in [2.05, 4.69) is 11.4 Å². The number of carbonyl (C=O) groups is 1. The number of hydrogen-bond acceptors (Lipinski definition) is 3. The molecule has 3 rings (SSSR count). The number of nitrogens with one attached hydrogen (secondary N) is 1. The van der Waals surface area contributed by atoms with Crippen LogP contribution in [-0.4, -0.2) is 26.6 Å². The lowest BCUT2D eigenvalue weighted by atomic mass is 9.87. The maximum absolute atomic E-state index is 12.9. The largest absolute Gasteiger partial charge is 0.347 e. The van der Waals surface area contributed by atoms with Crippen molar-refractivity contribution in [2.24, 2.45) is 0 Å².